The molecule has 1 unspecified atom stereocenters. The van der Waals surface area contributed by atoms with Crippen molar-refractivity contribution in [3.05, 3.63) is 74.4 Å². The first-order chi connectivity index (χ1) is 15.3. The maximum atomic E-state index is 13.6. The largest absolute Gasteiger partial charge is 0.328 e. The number of carbonyl (C=O) groups excluding carboxylic acids is 1. The van der Waals surface area contributed by atoms with Crippen LogP contribution < -0.4 is 10.6 Å². The minimum Gasteiger partial charge on any atom is -0.328 e. The summed E-state index contributed by atoms with van der Waals surface area (Å²) < 4.78 is 1.69. The Kier molecular flexibility index (Phi) is 6.51. The SMILES string of the molecule is CCSc1nc2n(n1)C(c1c(Cl)cccc1Cl)C(C(=O)Nc1cccc(C)c1C)=C(C)N2. The van der Waals surface area contributed by atoms with Gasteiger partial charge in [0.25, 0.3) is 5.91 Å². The van der Waals surface area contributed by atoms with Crippen molar-refractivity contribution in [2.24, 2.45) is 0 Å². The van der Waals surface area contributed by atoms with Crippen molar-refractivity contribution in [3.8, 4) is 0 Å². The van der Waals surface area contributed by atoms with E-state index in [-0.39, 0.29) is 5.91 Å². The van der Waals surface area contributed by atoms with Gasteiger partial charge in [0.1, 0.15) is 6.04 Å². The van der Waals surface area contributed by atoms with E-state index in [1.165, 1.54) is 11.8 Å². The van der Waals surface area contributed by atoms with Crippen LogP contribution in [-0.4, -0.2) is 26.4 Å². The lowest BCUT2D eigenvalue weighted by molar-refractivity contribution is -0.113. The second kappa shape index (κ2) is 9.17. The third-order valence-corrected chi connectivity index (χ3v) is 6.86. The number of thioether (sulfide) groups is 1. The molecule has 9 heteroatoms. The number of nitrogens with zero attached hydrogens (tertiary/aromatic N) is 3. The van der Waals surface area contributed by atoms with Crippen LogP contribution in [0.1, 0.15) is 36.6 Å². The number of hydrogen-bond donors (Lipinski definition) is 2. The molecule has 6 nitrogen and oxygen atoms in total. The molecule has 0 bridgehead atoms. The van der Waals surface area contributed by atoms with Gasteiger partial charge in [0, 0.05) is 27.0 Å². The van der Waals surface area contributed by atoms with E-state index < -0.39 is 6.04 Å². The third kappa shape index (κ3) is 4.12. The van der Waals surface area contributed by atoms with Gasteiger partial charge in [0.2, 0.25) is 11.1 Å². The number of rotatable bonds is 5. The summed E-state index contributed by atoms with van der Waals surface area (Å²) in [6, 6.07) is 10.5. The van der Waals surface area contributed by atoms with E-state index in [1.54, 1.807) is 22.9 Å². The highest BCUT2D eigenvalue weighted by Gasteiger charge is 2.36. The van der Waals surface area contributed by atoms with Gasteiger partial charge in [-0.3, -0.25) is 4.79 Å². The van der Waals surface area contributed by atoms with Gasteiger partial charge in [0.15, 0.2) is 0 Å². The molecule has 1 aliphatic heterocycles. The second-order valence-corrected chi connectivity index (χ2v) is 9.54. The summed E-state index contributed by atoms with van der Waals surface area (Å²) in [6.07, 6.45) is 0. The Bertz CT molecular complexity index is 1220. The molecule has 1 atom stereocenters. The van der Waals surface area contributed by atoms with Crippen molar-refractivity contribution in [2.75, 3.05) is 16.4 Å². The summed E-state index contributed by atoms with van der Waals surface area (Å²) in [5.41, 5.74) is 4.63. The Morgan fingerprint density at radius 1 is 1.16 bits per heavy atom. The Morgan fingerprint density at radius 3 is 2.53 bits per heavy atom. The molecule has 1 aliphatic rings. The summed E-state index contributed by atoms with van der Waals surface area (Å²) in [5, 5.41) is 12.5. The van der Waals surface area contributed by atoms with E-state index in [0.29, 0.717) is 38.0 Å². The molecule has 2 aromatic carbocycles. The molecule has 2 heterocycles. The van der Waals surface area contributed by atoms with E-state index in [2.05, 4.69) is 20.7 Å². The zero-order valence-electron chi connectivity index (χ0n) is 18.2. The van der Waals surface area contributed by atoms with E-state index in [9.17, 15) is 4.79 Å². The quantitative estimate of drug-likeness (QED) is 0.416. The maximum Gasteiger partial charge on any atom is 0.255 e. The fourth-order valence-corrected chi connectivity index (χ4v) is 4.89. The molecular weight excluding hydrogens is 465 g/mol. The predicted molar refractivity (Wildman–Crippen MR) is 132 cm³/mol. The molecule has 0 aliphatic carbocycles. The van der Waals surface area contributed by atoms with Crippen LogP contribution in [0.15, 0.2) is 52.8 Å². The molecule has 3 aromatic rings. The van der Waals surface area contributed by atoms with Crippen LogP contribution in [0.2, 0.25) is 10.0 Å². The maximum absolute atomic E-state index is 13.6. The molecule has 0 fully saturated rings. The number of aryl methyl sites for hydroxylation is 1. The molecule has 32 heavy (non-hydrogen) atoms. The summed E-state index contributed by atoms with van der Waals surface area (Å²) in [4.78, 5) is 18.2. The average Bonchev–Trinajstić information content (AvgIpc) is 3.13. The molecule has 2 N–H and O–H groups in total. The van der Waals surface area contributed by atoms with Gasteiger partial charge in [-0.25, -0.2) is 4.68 Å². The number of amides is 1. The predicted octanol–water partition coefficient (Wildman–Crippen LogP) is 6.24. The van der Waals surface area contributed by atoms with Crippen LogP contribution in [0.3, 0.4) is 0 Å². The second-order valence-electron chi connectivity index (χ2n) is 7.50. The van der Waals surface area contributed by atoms with Gasteiger partial charge in [-0.05, 0) is 55.9 Å². The summed E-state index contributed by atoms with van der Waals surface area (Å²) in [5.74, 6) is 1.12. The lowest BCUT2D eigenvalue weighted by Crippen LogP contribution is -2.32. The van der Waals surface area contributed by atoms with Gasteiger partial charge in [-0.2, -0.15) is 4.98 Å². The molecule has 166 valence electrons. The number of allylic oxidation sites excluding steroid dienone is 1. The van der Waals surface area contributed by atoms with E-state index in [4.69, 9.17) is 23.2 Å². The number of anilines is 2. The lowest BCUT2D eigenvalue weighted by Gasteiger charge is -2.30. The Labute approximate surface area is 201 Å². The molecule has 0 spiro atoms. The smallest absolute Gasteiger partial charge is 0.255 e. The molecule has 0 saturated carbocycles. The van der Waals surface area contributed by atoms with Crippen LogP contribution in [0.25, 0.3) is 0 Å². The van der Waals surface area contributed by atoms with Crippen LogP contribution >= 0.6 is 35.0 Å². The first-order valence-electron chi connectivity index (χ1n) is 10.2. The summed E-state index contributed by atoms with van der Waals surface area (Å²) >= 11 is 14.7. The van der Waals surface area contributed by atoms with Gasteiger partial charge in [0.05, 0.1) is 5.57 Å². The van der Waals surface area contributed by atoms with Crippen molar-refractivity contribution >= 4 is 52.5 Å². The fourth-order valence-electron chi connectivity index (χ4n) is 3.73. The number of fused-ring (bicyclic) bond motifs is 1. The minimum atomic E-state index is -0.628. The molecule has 1 aromatic heterocycles. The monoisotopic (exact) mass is 487 g/mol. The number of nitrogens with one attached hydrogen (secondary N) is 2. The molecular formula is C23H23Cl2N5OS. The van der Waals surface area contributed by atoms with Gasteiger partial charge >= 0.3 is 0 Å². The van der Waals surface area contributed by atoms with Crippen LogP contribution in [0.5, 0.6) is 0 Å². The Hall–Kier alpha value is -2.48. The normalized spacial score (nSPS) is 15.4. The molecule has 4 rings (SSSR count). The topological polar surface area (TPSA) is 71.8 Å². The Morgan fingerprint density at radius 2 is 1.84 bits per heavy atom. The summed E-state index contributed by atoms with van der Waals surface area (Å²) in [7, 11) is 0. The highest BCUT2D eigenvalue weighted by Crippen LogP contribution is 2.42. The molecule has 0 radical (unpaired) electrons. The van der Waals surface area contributed by atoms with Crippen molar-refractivity contribution in [2.45, 2.75) is 38.9 Å². The van der Waals surface area contributed by atoms with E-state index in [1.807, 2.05) is 45.9 Å². The number of halogens is 2. The fraction of sp³-hybridized carbons (Fsp3) is 0.261. The number of benzene rings is 2. The first-order valence-corrected chi connectivity index (χ1v) is 11.9. The van der Waals surface area contributed by atoms with Crippen molar-refractivity contribution in [3.63, 3.8) is 0 Å². The zero-order valence-corrected chi connectivity index (χ0v) is 20.5. The highest BCUT2D eigenvalue weighted by atomic mass is 35.5. The van der Waals surface area contributed by atoms with Gasteiger partial charge in [-0.15, -0.1) is 5.10 Å². The minimum absolute atomic E-state index is 0.254. The van der Waals surface area contributed by atoms with E-state index >= 15 is 0 Å². The van der Waals surface area contributed by atoms with Gasteiger partial charge in [-0.1, -0.05) is 60.1 Å². The van der Waals surface area contributed by atoms with Crippen molar-refractivity contribution in [1.82, 2.24) is 14.8 Å². The number of aromatic nitrogens is 3. The average molecular weight is 488 g/mol. The third-order valence-electron chi connectivity index (χ3n) is 5.48. The van der Waals surface area contributed by atoms with Crippen LogP contribution in [0.4, 0.5) is 11.6 Å². The molecule has 1 amide bonds. The van der Waals surface area contributed by atoms with Crippen molar-refractivity contribution in [1.29, 1.82) is 0 Å². The number of hydrogen-bond acceptors (Lipinski definition) is 5. The van der Waals surface area contributed by atoms with Crippen LogP contribution in [0, 0.1) is 13.8 Å². The highest BCUT2D eigenvalue weighted by molar-refractivity contribution is 7.99. The van der Waals surface area contributed by atoms with Gasteiger partial charge < -0.3 is 10.6 Å². The summed E-state index contributed by atoms with van der Waals surface area (Å²) in [6.45, 7) is 7.88. The molecule has 0 saturated heterocycles. The van der Waals surface area contributed by atoms with Crippen LogP contribution in [-0.2, 0) is 4.79 Å². The standard InChI is InChI=1S/C23H23Cl2N5OS/c1-5-32-23-28-22-26-14(4)18(21(31)27-17-11-6-8-12(2)13(17)3)20(30(22)29-23)19-15(24)9-7-10-16(19)25/h6-11,20H,5H2,1-4H3,(H,27,31)(H,26,28,29). The Balaban J connectivity index is 1.85. The first kappa shape index (κ1) is 22.7. The zero-order chi connectivity index (χ0) is 23.0. The lowest BCUT2D eigenvalue weighted by atomic mass is 9.94. The number of carbonyl (C=O) groups is 1. The van der Waals surface area contributed by atoms with E-state index in [0.717, 1.165) is 22.6 Å². The van der Waals surface area contributed by atoms with Crippen molar-refractivity contribution < 1.29 is 4.79 Å².